The standard InChI is InChI=1S/C21H23N5O4/c1-5-14-12(3)22-21(24-19(14)27)26-17(10-11(2)25-26)23-20(28)18-13(4)29-15-8-6-7-9-16(15)30-18/h6-10,13,18H,5H2,1-4H3,(H,23,28)(H,22,24,27). The van der Waals surface area contributed by atoms with Gasteiger partial charge in [0.2, 0.25) is 12.1 Å². The van der Waals surface area contributed by atoms with Crippen molar-refractivity contribution in [2.45, 2.75) is 46.3 Å². The molecule has 1 amide bonds. The van der Waals surface area contributed by atoms with Gasteiger partial charge in [0, 0.05) is 17.3 Å². The Morgan fingerprint density at radius 1 is 1.23 bits per heavy atom. The fourth-order valence-electron chi connectivity index (χ4n) is 3.47. The van der Waals surface area contributed by atoms with Crippen LogP contribution in [0.3, 0.4) is 0 Å². The average Bonchev–Trinajstić information content (AvgIpc) is 3.07. The Morgan fingerprint density at radius 3 is 2.60 bits per heavy atom. The molecule has 1 aliphatic rings. The van der Waals surface area contributed by atoms with Gasteiger partial charge < -0.3 is 14.8 Å². The number of nitrogens with one attached hydrogen (secondary N) is 2. The van der Waals surface area contributed by atoms with Crippen LogP contribution in [-0.4, -0.2) is 37.9 Å². The van der Waals surface area contributed by atoms with Crippen LogP contribution in [0, 0.1) is 13.8 Å². The van der Waals surface area contributed by atoms with Crippen molar-refractivity contribution in [3.05, 3.63) is 57.6 Å². The molecule has 0 fully saturated rings. The summed E-state index contributed by atoms with van der Waals surface area (Å²) in [7, 11) is 0. The normalized spacial score (nSPS) is 17.6. The number of aromatic amines is 1. The lowest BCUT2D eigenvalue weighted by Gasteiger charge is -2.30. The van der Waals surface area contributed by atoms with Crippen LogP contribution in [0.1, 0.15) is 30.8 Å². The lowest BCUT2D eigenvalue weighted by Crippen LogP contribution is -2.46. The summed E-state index contributed by atoms with van der Waals surface area (Å²) in [4.78, 5) is 32.5. The fraction of sp³-hybridized carbons (Fsp3) is 0.333. The van der Waals surface area contributed by atoms with Gasteiger partial charge in [-0.05, 0) is 39.3 Å². The highest BCUT2D eigenvalue weighted by Crippen LogP contribution is 2.33. The summed E-state index contributed by atoms with van der Waals surface area (Å²) in [6, 6.07) is 8.90. The number of anilines is 1. The zero-order valence-corrected chi connectivity index (χ0v) is 17.2. The molecule has 0 aliphatic carbocycles. The maximum atomic E-state index is 13.0. The van der Waals surface area contributed by atoms with Crippen molar-refractivity contribution >= 4 is 11.7 Å². The van der Waals surface area contributed by atoms with E-state index >= 15 is 0 Å². The van der Waals surface area contributed by atoms with E-state index < -0.39 is 12.2 Å². The number of aryl methyl sites for hydroxylation is 2. The van der Waals surface area contributed by atoms with Gasteiger partial charge in [-0.2, -0.15) is 9.78 Å². The Morgan fingerprint density at radius 2 is 1.93 bits per heavy atom. The van der Waals surface area contributed by atoms with E-state index in [0.717, 1.165) is 0 Å². The Labute approximate surface area is 173 Å². The second kappa shape index (κ2) is 7.66. The van der Waals surface area contributed by atoms with Crippen molar-refractivity contribution in [1.82, 2.24) is 19.7 Å². The number of hydrogen-bond acceptors (Lipinski definition) is 6. The molecule has 0 radical (unpaired) electrons. The molecule has 0 spiro atoms. The SMILES string of the molecule is CCc1c(C)nc(-n2nc(C)cc2NC(=O)C2Oc3ccccc3OC2C)[nH]c1=O. The number of rotatable bonds is 4. The van der Waals surface area contributed by atoms with E-state index in [9.17, 15) is 9.59 Å². The van der Waals surface area contributed by atoms with Crippen LogP contribution in [0.2, 0.25) is 0 Å². The van der Waals surface area contributed by atoms with Crippen LogP contribution < -0.4 is 20.3 Å². The molecule has 2 N–H and O–H groups in total. The molecule has 0 bridgehead atoms. The van der Waals surface area contributed by atoms with Gasteiger partial charge >= 0.3 is 0 Å². The minimum absolute atomic E-state index is 0.223. The maximum absolute atomic E-state index is 13.0. The fourth-order valence-corrected chi connectivity index (χ4v) is 3.47. The summed E-state index contributed by atoms with van der Waals surface area (Å²) in [5, 5.41) is 7.19. The van der Waals surface area contributed by atoms with E-state index in [1.54, 1.807) is 39.0 Å². The molecule has 0 saturated heterocycles. The van der Waals surface area contributed by atoms with Crippen molar-refractivity contribution in [2.24, 2.45) is 0 Å². The number of hydrogen-bond donors (Lipinski definition) is 2. The van der Waals surface area contributed by atoms with Crippen molar-refractivity contribution in [3.8, 4) is 17.4 Å². The Hall–Kier alpha value is -3.62. The second-order valence-corrected chi connectivity index (χ2v) is 7.19. The largest absolute Gasteiger partial charge is 0.482 e. The number of carbonyl (C=O) groups is 1. The minimum Gasteiger partial charge on any atom is -0.482 e. The van der Waals surface area contributed by atoms with Gasteiger partial charge in [-0.3, -0.25) is 14.6 Å². The summed E-state index contributed by atoms with van der Waals surface area (Å²) in [6.45, 7) is 7.23. The number of para-hydroxylation sites is 2. The average molecular weight is 409 g/mol. The molecular formula is C21H23N5O4. The number of aromatic nitrogens is 4. The van der Waals surface area contributed by atoms with Gasteiger partial charge in [0.05, 0.1) is 5.69 Å². The molecule has 30 heavy (non-hydrogen) atoms. The smallest absolute Gasteiger partial charge is 0.270 e. The summed E-state index contributed by atoms with van der Waals surface area (Å²) < 4.78 is 13.1. The number of amides is 1. The molecular weight excluding hydrogens is 386 g/mol. The minimum atomic E-state index is -0.847. The molecule has 4 rings (SSSR count). The summed E-state index contributed by atoms with van der Waals surface area (Å²) in [6.07, 6.45) is -0.754. The van der Waals surface area contributed by atoms with E-state index in [-0.39, 0.29) is 17.4 Å². The van der Waals surface area contributed by atoms with Crippen LogP contribution in [0.15, 0.2) is 35.1 Å². The molecule has 3 heterocycles. The Balaban J connectivity index is 1.62. The predicted octanol–water partition coefficient (Wildman–Crippen LogP) is 2.30. The van der Waals surface area contributed by atoms with Gasteiger partial charge in [0.15, 0.2) is 11.5 Å². The lowest BCUT2D eigenvalue weighted by atomic mass is 10.1. The van der Waals surface area contributed by atoms with Gasteiger partial charge in [-0.25, -0.2) is 4.98 Å². The molecule has 156 valence electrons. The first-order valence-electron chi connectivity index (χ1n) is 9.77. The van der Waals surface area contributed by atoms with Crippen molar-refractivity contribution in [2.75, 3.05) is 5.32 Å². The van der Waals surface area contributed by atoms with Crippen molar-refractivity contribution in [1.29, 1.82) is 0 Å². The van der Waals surface area contributed by atoms with E-state index in [1.165, 1.54) is 4.68 Å². The number of benzene rings is 1. The second-order valence-electron chi connectivity index (χ2n) is 7.19. The van der Waals surface area contributed by atoms with Gasteiger partial charge in [0.25, 0.3) is 11.5 Å². The first-order valence-corrected chi connectivity index (χ1v) is 9.77. The van der Waals surface area contributed by atoms with Crippen LogP contribution in [0.4, 0.5) is 5.82 Å². The monoisotopic (exact) mass is 409 g/mol. The summed E-state index contributed by atoms with van der Waals surface area (Å²) in [5.41, 5.74) is 1.67. The Bertz CT molecular complexity index is 1170. The number of H-pyrrole nitrogens is 1. The molecule has 9 nitrogen and oxygen atoms in total. The molecule has 2 aromatic heterocycles. The van der Waals surface area contributed by atoms with Crippen LogP contribution in [0.5, 0.6) is 11.5 Å². The van der Waals surface area contributed by atoms with E-state index in [0.29, 0.717) is 40.7 Å². The highest BCUT2D eigenvalue weighted by atomic mass is 16.6. The third kappa shape index (κ3) is 3.54. The third-order valence-electron chi connectivity index (χ3n) is 4.95. The number of fused-ring (bicyclic) bond motifs is 1. The summed E-state index contributed by atoms with van der Waals surface area (Å²) >= 11 is 0. The zero-order valence-electron chi connectivity index (χ0n) is 17.2. The molecule has 9 heteroatoms. The van der Waals surface area contributed by atoms with Gasteiger partial charge in [0.1, 0.15) is 11.9 Å². The molecule has 0 saturated carbocycles. The molecule has 2 unspecified atom stereocenters. The van der Waals surface area contributed by atoms with E-state index in [2.05, 4.69) is 20.4 Å². The topological polar surface area (TPSA) is 111 Å². The van der Waals surface area contributed by atoms with Crippen molar-refractivity contribution in [3.63, 3.8) is 0 Å². The highest BCUT2D eigenvalue weighted by Gasteiger charge is 2.34. The Kier molecular flexibility index (Phi) is 5.03. The first-order chi connectivity index (χ1) is 14.4. The third-order valence-corrected chi connectivity index (χ3v) is 4.95. The summed E-state index contributed by atoms with van der Waals surface area (Å²) in [5.74, 6) is 1.33. The molecule has 1 aromatic carbocycles. The number of carbonyl (C=O) groups excluding carboxylic acids is 1. The zero-order chi connectivity index (χ0) is 21.4. The van der Waals surface area contributed by atoms with Crippen LogP contribution >= 0.6 is 0 Å². The van der Waals surface area contributed by atoms with Crippen molar-refractivity contribution < 1.29 is 14.3 Å². The number of ether oxygens (including phenoxy) is 2. The lowest BCUT2D eigenvalue weighted by molar-refractivity contribution is -0.128. The van der Waals surface area contributed by atoms with Crippen LogP contribution in [0.25, 0.3) is 5.95 Å². The van der Waals surface area contributed by atoms with E-state index in [4.69, 9.17) is 9.47 Å². The molecule has 1 aliphatic heterocycles. The quantitative estimate of drug-likeness (QED) is 0.684. The van der Waals surface area contributed by atoms with Gasteiger partial charge in [-0.15, -0.1) is 0 Å². The van der Waals surface area contributed by atoms with Crippen LogP contribution in [-0.2, 0) is 11.2 Å². The van der Waals surface area contributed by atoms with E-state index in [1.807, 2.05) is 19.1 Å². The maximum Gasteiger partial charge on any atom is 0.270 e. The highest BCUT2D eigenvalue weighted by molar-refractivity contribution is 5.94. The number of nitrogens with zero attached hydrogens (tertiary/aromatic N) is 3. The van der Waals surface area contributed by atoms with Gasteiger partial charge in [-0.1, -0.05) is 19.1 Å². The molecule has 2 atom stereocenters. The molecule has 3 aromatic rings. The predicted molar refractivity (Wildman–Crippen MR) is 110 cm³/mol. The first kappa shape index (κ1) is 19.7.